The molecular weight excluding hydrogens is 280 g/mol. The number of aromatic nitrogens is 3. The molecule has 2 atom stereocenters. The van der Waals surface area contributed by atoms with E-state index in [2.05, 4.69) is 10.2 Å². The number of nitrogens with two attached hydrogens (primary N) is 1. The van der Waals surface area contributed by atoms with Crippen molar-refractivity contribution in [1.29, 1.82) is 0 Å². The third-order valence-electron chi connectivity index (χ3n) is 4.48. The van der Waals surface area contributed by atoms with Crippen LogP contribution in [0.15, 0.2) is 0 Å². The summed E-state index contributed by atoms with van der Waals surface area (Å²) >= 11 is 0. The molecule has 1 fully saturated rings. The van der Waals surface area contributed by atoms with Gasteiger partial charge in [0, 0.05) is 25.7 Å². The summed E-state index contributed by atoms with van der Waals surface area (Å²) in [5.41, 5.74) is 6.04. The standard InChI is InChI=1S/C15H28N6O/c1-11(16)13-7-5-6-8-21(13)15(22)10-19(3)9-14-18-17-12(2)20(14)4/h11,13H,5-10,16H2,1-4H3/t11-,13+/m0/s1. The second kappa shape index (κ2) is 7.19. The van der Waals surface area contributed by atoms with E-state index < -0.39 is 0 Å². The molecule has 7 heteroatoms. The molecule has 1 aliphatic heterocycles. The fourth-order valence-electron chi connectivity index (χ4n) is 3.02. The van der Waals surface area contributed by atoms with Gasteiger partial charge in [0.05, 0.1) is 13.1 Å². The molecule has 2 heterocycles. The minimum absolute atomic E-state index is 0.0240. The highest BCUT2D eigenvalue weighted by molar-refractivity contribution is 5.78. The van der Waals surface area contributed by atoms with E-state index in [0.717, 1.165) is 37.5 Å². The molecule has 1 aliphatic rings. The number of carbonyl (C=O) groups is 1. The first-order chi connectivity index (χ1) is 10.4. The largest absolute Gasteiger partial charge is 0.337 e. The second-order valence-corrected chi connectivity index (χ2v) is 6.40. The van der Waals surface area contributed by atoms with Gasteiger partial charge in [-0.05, 0) is 40.2 Å². The van der Waals surface area contributed by atoms with E-state index in [1.54, 1.807) is 0 Å². The van der Waals surface area contributed by atoms with E-state index in [-0.39, 0.29) is 18.0 Å². The molecule has 2 N–H and O–H groups in total. The lowest BCUT2D eigenvalue weighted by Crippen LogP contribution is -2.53. The van der Waals surface area contributed by atoms with E-state index >= 15 is 0 Å². The average molecular weight is 308 g/mol. The van der Waals surface area contributed by atoms with Crippen LogP contribution in [0.25, 0.3) is 0 Å². The number of rotatable bonds is 5. The summed E-state index contributed by atoms with van der Waals surface area (Å²) in [5, 5.41) is 8.19. The van der Waals surface area contributed by atoms with E-state index in [4.69, 9.17) is 5.73 Å². The molecule has 1 amide bonds. The number of aryl methyl sites for hydroxylation is 1. The summed E-state index contributed by atoms with van der Waals surface area (Å²) in [5.74, 6) is 1.90. The van der Waals surface area contributed by atoms with E-state index in [9.17, 15) is 4.79 Å². The summed E-state index contributed by atoms with van der Waals surface area (Å²) in [6, 6.07) is 0.197. The van der Waals surface area contributed by atoms with Gasteiger partial charge in [-0.15, -0.1) is 10.2 Å². The minimum Gasteiger partial charge on any atom is -0.337 e. The van der Waals surface area contributed by atoms with Crippen molar-refractivity contribution >= 4 is 5.91 Å². The molecule has 1 aromatic rings. The Hall–Kier alpha value is -1.47. The fraction of sp³-hybridized carbons (Fsp3) is 0.800. The zero-order valence-electron chi connectivity index (χ0n) is 14.1. The van der Waals surface area contributed by atoms with Crippen molar-refractivity contribution in [1.82, 2.24) is 24.6 Å². The molecule has 0 aliphatic carbocycles. The zero-order chi connectivity index (χ0) is 16.3. The molecule has 0 radical (unpaired) electrons. The number of piperidine rings is 1. The van der Waals surface area contributed by atoms with Crippen molar-refractivity contribution in [3.63, 3.8) is 0 Å². The molecule has 0 aromatic carbocycles. The molecular formula is C15H28N6O. The summed E-state index contributed by atoms with van der Waals surface area (Å²) in [6.07, 6.45) is 3.24. The Morgan fingerprint density at radius 3 is 2.77 bits per heavy atom. The Balaban J connectivity index is 1.94. The van der Waals surface area contributed by atoms with E-state index in [0.29, 0.717) is 13.1 Å². The number of carbonyl (C=O) groups excluding carboxylic acids is 1. The van der Waals surface area contributed by atoms with Crippen LogP contribution in [0.3, 0.4) is 0 Å². The number of likely N-dealkylation sites (tertiary alicyclic amines) is 1. The van der Waals surface area contributed by atoms with Crippen LogP contribution in [0.1, 0.15) is 37.8 Å². The first-order valence-electron chi connectivity index (χ1n) is 7.98. The molecule has 124 valence electrons. The third kappa shape index (κ3) is 3.84. The fourth-order valence-corrected chi connectivity index (χ4v) is 3.02. The lowest BCUT2D eigenvalue weighted by Gasteiger charge is -2.38. The van der Waals surface area contributed by atoms with Crippen molar-refractivity contribution in [3.8, 4) is 0 Å². The smallest absolute Gasteiger partial charge is 0.237 e. The molecule has 22 heavy (non-hydrogen) atoms. The molecule has 0 unspecified atom stereocenters. The number of nitrogens with zero attached hydrogens (tertiary/aromatic N) is 5. The molecule has 0 saturated carbocycles. The number of likely N-dealkylation sites (N-methyl/N-ethyl adjacent to an activating group) is 1. The van der Waals surface area contributed by atoms with Gasteiger partial charge < -0.3 is 15.2 Å². The van der Waals surface area contributed by atoms with Gasteiger partial charge in [0.1, 0.15) is 11.6 Å². The van der Waals surface area contributed by atoms with Crippen molar-refractivity contribution in [2.24, 2.45) is 12.8 Å². The average Bonchev–Trinajstić information content (AvgIpc) is 2.79. The molecule has 1 aromatic heterocycles. The van der Waals surface area contributed by atoms with Crippen LogP contribution in [0.4, 0.5) is 0 Å². The Morgan fingerprint density at radius 1 is 1.45 bits per heavy atom. The number of hydrogen-bond acceptors (Lipinski definition) is 5. The van der Waals surface area contributed by atoms with E-state index in [1.807, 2.05) is 42.3 Å². The third-order valence-corrected chi connectivity index (χ3v) is 4.48. The monoisotopic (exact) mass is 308 g/mol. The van der Waals surface area contributed by atoms with Crippen LogP contribution in [-0.2, 0) is 18.4 Å². The summed E-state index contributed by atoms with van der Waals surface area (Å²) in [7, 11) is 3.88. The van der Waals surface area contributed by atoms with Gasteiger partial charge in [0.2, 0.25) is 5.91 Å². The van der Waals surface area contributed by atoms with Crippen molar-refractivity contribution in [2.45, 2.75) is 51.7 Å². The normalized spacial score (nSPS) is 20.5. The van der Waals surface area contributed by atoms with Gasteiger partial charge in [-0.3, -0.25) is 9.69 Å². The maximum Gasteiger partial charge on any atom is 0.237 e. The predicted octanol–water partition coefficient (Wildman–Crippen LogP) is 0.284. The van der Waals surface area contributed by atoms with Gasteiger partial charge in [-0.2, -0.15) is 0 Å². The molecule has 1 saturated heterocycles. The van der Waals surface area contributed by atoms with Crippen LogP contribution in [0.5, 0.6) is 0 Å². The van der Waals surface area contributed by atoms with Gasteiger partial charge in [0.25, 0.3) is 0 Å². The molecule has 2 rings (SSSR count). The van der Waals surface area contributed by atoms with Crippen LogP contribution in [-0.4, -0.2) is 62.7 Å². The van der Waals surface area contributed by atoms with Crippen LogP contribution < -0.4 is 5.73 Å². The quantitative estimate of drug-likeness (QED) is 0.845. The van der Waals surface area contributed by atoms with Crippen molar-refractivity contribution in [2.75, 3.05) is 20.1 Å². The van der Waals surface area contributed by atoms with Crippen LogP contribution >= 0.6 is 0 Å². The molecule has 0 spiro atoms. The van der Waals surface area contributed by atoms with Gasteiger partial charge in [0.15, 0.2) is 0 Å². The van der Waals surface area contributed by atoms with Gasteiger partial charge >= 0.3 is 0 Å². The van der Waals surface area contributed by atoms with Crippen LogP contribution in [0, 0.1) is 6.92 Å². The highest BCUT2D eigenvalue weighted by Gasteiger charge is 2.29. The maximum absolute atomic E-state index is 12.6. The predicted molar refractivity (Wildman–Crippen MR) is 85.1 cm³/mol. The van der Waals surface area contributed by atoms with Crippen molar-refractivity contribution < 1.29 is 4.79 Å². The minimum atomic E-state index is 0.0240. The van der Waals surface area contributed by atoms with E-state index in [1.165, 1.54) is 0 Å². The first kappa shape index (κ1) is 16.9. The zero-order valence-corrected chi connectivity index (χ0v) is 14.1. The lowest BCUT2D eigenvalue weighted by molar-refractivity contribution is -0.136. The summed E-state index contributed by atoms with van der Waals surface area (Å²) in [4.78, 5) is 16.5. The lowest BCUT2D eigenvalue weighted by atomic mass is 9.97. The molecule has 7 nitrogen and oxygen atoms in total. The highest BCUT2D eigenvalue weighted by atomic mass is 16.2. The maximum atomic E-state index is 12.6. The van der Waals surface area contributed by atoms with Crippen molar-refractivity contribution in [3.05, 3.63) is 11.6 Å². The summed E-state index contributed by atoms with van der Waals surface area (Å²) in [6.45, 7) is 5.72. The number of hydrogen-bond donors (Lipinski definition) is 1. The topological polar surface area (TPSA) is 80.3 Å². The van der Waals surface area contributed by atoms with Crippen LogP contribution in [0.2, 0.25) is 0 Å². The Kier molecular flexibility index (Phi) is 5.52. The Morgan fingerprint density at radius 2 is 2.18 bits per heavy atom. The highest BCUT2D eigenvalue weighted by Crippen LogP contribution is 2.19. The SMILES string of the molecule is Cc1nnc(CN(C)CC(=O)N2CCCC[C@@H]2[C@H](C)N)n1C. The molecule has 0 bridgehead atoms. The Bertz CT molecular complexity index is 512. The summed E-state index contributed by atoms with van der Waals surface area (Å²) < 4.78 is 1.95. The second-order valence-electron chi connectivity index (χ2n) is 6.40. The van der Waals surface area contributed by atoms with Gasteiger partial charge in [-0.25, -0.2) is 0 Å². The number of amides is 1. The Labute approximate surface area is 132 Å². The first-order valence-corrected chi connectivity index (χ1v) is 7.98. The van der Waals surface area contributed by atoms with Gasteiger partial charge in [-0.1, -0.05) is 0 Å².